The molecule has 0 amide bonds. The molecule has 0 radical (unpaired) electrons. The van der Waals surface area contributed by atoms with Gasteiger partial charge in [-0.1, -0.05) is 0 Å². The molecule has 0 saturated carbocycles. The molecule has 27 heavy (non-hydrogen) atoms. The first-order valence-electron chi connectivity index (χ1n) is 8.44. The number of halogens is 3. The molecule has 0 bridgehead atoms. The van der Waals surface area contributed by atoms with Crippen molar-refractivity contribution in [1.82, 2.24) is 29.5 Å². The number of nitrogens with zero attached hydrogens (tertiary/aromatic N) is 6. The van der Waals surface area contributed by atoms with Crippen molar-refractivity contribution in [2.24, 2.45) is 5.92 Å². The third-order valence-electron chi connectivity index (χ3n) is 4.74. The average Bonchev–Trinajstić information content (AvgIpc) is 3.12. The number of aromatic amines is 1. The fraction of sp³-hybridized carbons (Fsp3) is 0.438. The normalized spacial score (nSPS) is 16.2. The standard InChI is InChI=1S/C16H16F3N7O/c17-16(18,19)11-5-12(27)26(9-24-11)6-10-1-3-25(4-2-10)15-13-14(21-7-20-13)22-8-23-15/h5,7-10H,1-4,6H2,(H,20,21,22,23). The Morgan fingerprint density at radius 1 is 1.15 bits per heavy atom. The molecule has 11 heteroatoms. The second kappa shape index (κ2) is 6.63. The van der Waals surface area contributed by atoms with Gasteiger partial charge in [-0.15, -0.1) is 0 Å². The minimum absolute atomic E-state index is 0.177. The van der Waals surface area contributed by atoms with Gasteiger partial charge in [0.15, 0.2) is 17.2 Å². The lowest BCUT2D eigenvalue weighted by atomic mass is 9.96. The first kappa shape index (κ1) is 17.4. The van der Waals surface area contributed by atoms with Crippen LogP contribution in [0.5, 0.6) is 0 Å². The van der Waals surface area contributed by atoms with E-state index in [4.69, 9.17) is 0 Å². The van der Waals surface area contributed by atoms with Gasteiger partial charge in [-0.25, -0.2) is 19.9 Å². The van der Waals surface area contributed by atoms with Crippen molar-refractivity contribution >= 4 is 17.0 Å². The van der Waals surface area contributed by atoms with E-state index in [1.165, 1.54) is 10.9 Å². The van der Waals surface area contributed by atoms with Crippen molar-refractivity contribution in [2.45, 2.75) is 25.6 Å². The number of hydrogen-bond acceptors (Lipinski definition) is 6. The third-order valence-corrected chi connectivity index (χ3v) is 4.74. The summed E-state index contributed by atoms with van der Waals surface area (Å²) in [6.45, 7) is 1.79. The molecule has 1 aliphatic heterocycles. The summed E-state index contributed by atoms with van der Waals surface area (Å²) in [4.78, 5) is 33.0. The Morgan fingerprint density at radius 2 is 1.93 bits per heavy atom. The minimum Gasteiger partial charge on any atom is -0.355 e. The fourth-order valence-corrected chi connectivity index (χ4v) is 3.32. The number of piperidine rings is 1. The highest BCUT2D eigenvalue weighted by Gasteiger charge is 2.33. The van der Waals surface area contributed by atoms with Gasteiger partial charge < -0.3 is 9.88 Å². The molecule has 0 atom stereocenters. The van der Waals surface area contributed by atoms with Crippen molar-refractivity contribution < 1.29 is 13.2 Å². The van der Waals surface area contributed by atoms with Crippen LogP contribution in [0.4, 0.5) is 19.0 Å². The maximum atomic E-state index is 12.6. The van der Waals surface area contributed by atoms with E-state index in [9.17, 15) is 18.0 Å². The van der Waals surface area contributed by atoms with Crippen LogP contribution in [-0.4, -0.2) is 42.6 Å². The molecule has 8 nitrogen and oxygen atoms in total. The summed E-state index contributed by atoms with van der Waals surface area (Å²) < 4.78 is 39.1. The highest BCUT2D eigenvalue weighted by molar-refractivity contribution is 5.82. The lowest BCUT2D eigenvalue weighted by molar-refractivity contribution is -0.141. The van der Waals surface area contributed by atoms with Crippen LogP contribution >= 0.6 is 0 Å². The molecule has 3 aromatic heterocycles. The molecule has 0 aromatic carbocycles. The lowest BCUT2D eigenvalue weighted by Crippen LogP contribution is -2.37. The highest BCUT2D eigenvalue weighted by atomic mass is 19.4. The number of hydrogen-bond donors (Lipinski definition) is 1. The summed E-state index contributed by atoms with van der Waals surface area (Å²) in [5.74, 6) is 0.959. The van der Waals surface area contributed by atoms with Gasteiger partial charge >= 0.3 is 6.18 Å². The van der Waals surface area contributed by atoms with Crippen molar-refractivity contribution in [2.75, 3.05) is 18.0 Å². The minimum atomic E-state index is -4.61. The number of rotatable bonds is 3. The lowest BCUT2D eigenvalue weighted by Gasteiger charge is -2.33. The molecular weight excluding hydrogens is 363 g/mol. The molecule has 0 spiro atoms. The van der Waals surface area contributed by atoms with E-state index in [0.29, 0.717) is 18.3 Å². The van der Waals surface area contributed by atoms with Gasteiger partial charge in [0.05, 0.1) is 12.7 Å². The smallest absolute Gasteiger partial charge is 0.355 e. The SMILES string of the molecule is O=c1cc(C(F)(F)F)ncn1CC1CCN(c2ncnc3nc[nH]c23)CC1. The summed E-state index contributed by atoms with van der Waals surface area (Å²) in [6.07, 6.45) is 0.979. The Labute approximate surface area is 151 Å². The van der Waals surface area contributed by atoms with E-state index < -0.39 is 17.4 Å². The molecule has 1 saturated heterocycles. The van der Waals surface area contributed by atoms with Crippen LogP contribution in [-0.2, 0) is 12.7 Å². The molecular formula is C16H16F3N7O. The third kappa shape index (κ3) is 3.49. The number of alkyl halides is 3. The molecule has 142 valence electrons. The second-order valence-corrected chi connectivity index (χ2v) is 6.49. The molecule has 0 aliphatic carbocycles. The zero-order valence-corrected chi connectivity index (χ0v) is 14.1. The van der Waals surface area contributed by atoms with E-state index in [2.05, 4.69) is 29.8 Å². The van der Waals surface area contributed by atoms with Gasteiger partial charge in [-0.05, 0) is 18.8 Å². The van der Waals surface area contributed by atoms with Crippen LogP contribution in [0.15, 0.2) is 29.8 Å². The van der Waals surface area contributed by atoms with Gasteiger partial charge in [0.1, 0.15) is 11.8 Å². The first-order chi connectivity index (χ1) is 12.9. The van der Waals surface area contributed by atoms with E-state index in [1.54, 1.807) is 6.33 Å². The monoisotopic (exact) mass is 379 g/mol. The Balaban J connectivity index is 1.43. The molecule has 3 aromatic rings. The number of fused-ring (bicyclic) bond motifs is 1. The molecule has 1 N–H and O–H groups in total. The number of imidazole rings is 1. The zero-order chi connectivity index (χ0) is 19.0. The first-order valence-corrected chi connectivity index (χ1v) is 8.44. The van der Waals surface area contributed by atoms with E-state index in [-0.39, 0.29) is 5.92 Å². The van der Waals surface area contributed by atoms with Crippen LogP contribution in [0.1, 0.15) is 18.5 Å². The van der Waals surface area contributed by atoms with Gasteiger partial charge in [0, 0.05) is 25.7 Å². The predicted molar refractivity (Wildman–Crippen MR) is 90.1 cm³/mol. The van der Waals surface area contributed by atoms with E-state index in [0.717, 1.165) is 43.6 Å². The number of aromatic nitrogens is 6. The van der Waals surface area contributed by atoms with E-state index >= 15 is 0 Å². The Bertz CT molecular complexity index is 1000. The average molecular weight is 379 g/mol. The van der Waals surface area contributed by atoms with Gasteiger partial charge in [0.25, 0.3) is 5.56 Å². The van der Waals surface area contributed by atoms with Crippen LogP contribution in [0.25, 0.3) is 11.2 Å². The highest BCUT2D eigenvalue weighted by Crippen LogP contribution is 2.27. The van der Waals surface area contributed by atoms with Crippen molar-refractivity contribution in [3.63, 3.8) is 0 Å². The molecule has 4 rings (SSSR count). The van der Waals surface area contributed by atoms with Crippen LogP contribution in [0.2, 0.25) is 0 Å². The number of anilines is 1. The maximum Gasteiger partial charge on any atom is 0.433 e. The molecule has 1 aliphatic rings. The quantitative estimate of drug-likeness (QED) is 0.747. The van der Waals surface area contributed by atoms with E-state index in [1.807, 2.05) is 0 Å². The van der Waals surface area contributed by atoms with Crippen LogP contribution in [0.3, 0.4) is 0 Å². The summed E-state index contributed by atoms with van der Waals surface area (Å²) in [7, 11) is 0. The maximum absolute atomic E-state index is 12.6. The summed E-state index contributed by atoms with van der Waals surface area (Å²) in [5.41, 5.74) is -0.468. The Hall–Kier alpha value is -2.98. The number of H-pyrrole nitrogens is 1. The fourth-order valence-electron chi connectivity index (χ4n) is 3.32. The van der Waals surface area contributed by atoms with Crippen LogP contribution in [0, 0.1) is 5.92 Å². The molecule has 0 unspecified atom stereocenters. The largest absolute Gasteiger partial charge is 0.433 e. The summed E-state index contributed by atoms with van der Waals surface area (Å²) in [6, 6.07) is 0.547. The Kier molecular flexibility index (Phi) is 4.28. The zero-order valence-electron chi connectivity index (χ0n) is 14.1. The van der Waals surface area contributed by atoms with Crippen LogP contribution < -0.4 is 10.5 Å². The topological polar surface area (TPSA) is 92.6 Å². The van der Waals surface area contributed by atoms with Gasteiger partial charge in [-0.3, -0.25) is 9.36 Å². The number of nitrogens with one attached hydrogen (secondary N) is 1. The van der Waals surface area contributed by atoms with Crippen molar-refractivity contribution in [1.29, 1.82) is 0 Å². The predicted octanol–water partition coefficient (Wildman–Crippen LogP) is 1.84. The molecule has 4 heterocycles. The van der Waals surface area contributed by atoms with Gasteiger partial charge in [-0.2, -0.15) is 13.2 Å². The Morgan fingerprint density at radius 3 is 2.63 bits per heavy atom. The van der Waals surface area contributed by atoms with Crippen molar-refractivity contribution in [3.8, 4) is 0 Å². The second-order valence-electron chi connectivity index (χ2n) is 6.49. The molecule has 1 fully saturated rings. The summed E-state index contributed by atoms with van der Waals surface area (Å²) >= 11 is 0. The van der Waals surface area contributed by atoms with Crippen molar-refractivity contribution in [3.05, 3.63) is 41.1 Å². The summed E-state index contributed by atoms with van der Waals surface area (Å²) in [5, 5.41) is 0. The van der Waals surface area contributed by atoms with Gasteiger partial charge in [0.2, 0.25) is 0 Å².